The molecule has 4 heteroatoms. The van der Waals surface area contributed by atoms with Crippen molar-refractivity contribution in [3.8, 4) is 0 Å². The topological polar surface area (TPSA) is 38.7 Å². The zero-order valence-electron chi connectivity index (χ0n) is 10.9. The first-order chi connectivity index (χ1) is 9.79. The molecule has 0 aliphatic heterocycles. The summed E-state index contributed by atoms with van der Waals surface area (Å²) in [5.41, 5.74) is 0.738. The van der Waals surface area contributed by atoms with Crippen molar-refractivity contribution >= 4 is 29.3 Å². The molecule has 0 bridgehead atoms. The first-order valence-electron chi connectivity index (χ1n) is 5.99. The minimum atomic E-state index is -0.446. The number of benzene rings is 2. The van der Waals surface area contributed by atoms with Gasteiger partial charge in [0.2, 0.25) is 0 Å². The van der Waals surface area contributed by atoms with Crippen LogP contribution in [0.15, 0.2) is 75.5 Å². The van der Waals surface area contributed by atoms with Crippen LogP contribution in [-0.4, -0.2) is 18.9 Å². The summed E-state index contributed by atoms with van der Waals surface area (Å²) in [6.45, 7) is 0. The minimum Gasteiger partial charge on any atom is -0.465 e. The van der Waals surface area contributed by atoms with E-state index in [1.807, 2.05) is 60.7 Å². The molecule has 0 fully saturated rings. The monoisotopic (exact) mass is 283 g/mol. The van der Waals surface area contributed by atoms with Gasteiger partial charge in [-0.15, -0.1) is 0 Å². The molecule has 0 N–H and O–H groups in total. The van der Waals surface area contributed by atoms with Crippen LogP contribution in [0.5, 0.6) is 0 Å². The van der Waals surface area contributed by atoms with Gasteiger partial charge in [-0.3, -0.25) is 0 Å². The molecule has 0 atom stereocenters. The maximum absolute atomic E-state index is 11.7. The van der Waals surface area contributed by atoms with Crippen LogP contribution < -0.4 is 0 Å². The lowest BCUT2D eigenvalue weighted by molar-refractivity contribution is -0.135. The Morgan fingerprint density at radius 3 is 2.25 bits per heavy atom. The second kappa shape index (κ2) is 7.34. The third kappa shape index (κ3) is 4.12. The Bertz CT molecular complexity index is 632. The highest BCUT2D eigenvalue weighted by Gasteiger charge is 2.11. The van der Waals surface area contributed by atoms with Gasteiger partial charge in [0, 0.05) is 10.8 Å². The van der Waals surface area contributed by atoms with Crippen LogP contribution in [0.1, 0.15) is 0 Å². The zero-order chi connectivity index (χ0) is 14.2. The number of para-hydroxylation sites is 1. The van der Waals surface area contributed by atoms with Gasteiger partial charge in [-0.05, 0) is 24.3 Å². The van der Waals surface area contributed by atoms with E-state index in [0.29, 0.717) is 4.91 Å². The molecule has 0 saturated carbocycles. The van der Waals surface area contributed by atoms with E-state index in [2.05, 4.69) is 10.9 Å². The number of carbonyl (C=O) groups excluding carboxylic acids is 1. The molecule has 2 aromatic carbocycles. The molecule has 2 rings (SSSR count). The van der Waals surface area contributed by atoms with E-state index in [9.17, 15) is 4.79 Å². The van der Waals surface area contributed by atoms with Crippen molar-refractivity contribution in [3.63, 3.8) is 0 Å². The largest absolute Gasteiger partial charge is 0.465 e. The minimum absolute atomic E-state index is 0.322. The van der Waals surface area contributed by atoms with E-state index in [1.165, 1.54) is 18.9 Å². The summed E-state index contributed by atoms with van der Waals surface area (Å²) in [6.07, 6.45) is 0. The van der Waals surface area contributed by atoms with Gasteiger partial charge in [0.05, 0.1) is 12.8 Å². The molecule has 0 saturated heterocycles. The van der Waals surface area contributed by atoms with Crippen LogP contribution in [0, 0.1) is 0 Å². The van der Waals surface area contributed by atoms with Crippen LogP contribution in [0.2, 0.25) is 0 Å². The first-order valence-corrected chi connectivity index (χ1v) is 6.81. The van der Waals surface area contributed by atoms with Gasteiger partial charge in [-0.25, -0.2) is 9.79 Å². The van der Waals surface area contributed by atoms with E-state index >= 15 is 0 Å². The summed E-state index contributed by atoms with van der Waals surface area (Å²) in [5, 5.41) is 0. The second-order valence-electron chi connectivity index (χ2n) is 3.79. The predicted molar refractivity (Wildman–Crippen MR) is 81.4 cm³/mol. The normalized spacial score (nSPS) is 9.45. The molecular formula is C16H13NO2S. The Balaban J connectivity index is 2.28. The summed E-state index contributed by atoms with van der Waals surface area (Å²) in [7, 11) is 1.35. The lowest BCUT2D eigenvalue weighted by Crippen LogP contribution is -2.02. The predicted octanol–water partition coefficient (Wildman–Crippen LogP) is 3.84. The maximum Gasteiger partial charge on any atom is 0.354 e. The standard InChI is InChI=1S/C16H13NO2S/c1-19-16(18)15(20-14-10-6-3-7-11-14)12-17-13-8-4-2-5-9-13/h2-11H,1H3. The summed E-state index contributed by atoms with van der Waals surface area (Å²) < 4.78 is 4.75. The number of nitrogens with zero attached hydrogens (tertiary/aromatic N) is 1. The van der Waals surface area contributed by atoms with E-state index in [-0.39, 0.29) is 0 Å². The zero-order valence-corrected chi connectivity index (χ0v) is 11.8. The van der Waals surface area contributed by atoms with Crippen molar-refractivity contribution in [1.82, 2.24) is 0 Å². The molecule has 2 aromatic rings. The molecule has 0 radical (unpaired) electrons. The van der Waals surface area contributed by atoms with E-state index in [4.69, 9.17) is 4.74 Å². The maximum atomic E-state index is 11.7. The summed E-state index contributed by atoms with van der Waals surface area (Å²) in [5.74, 6) is 2.32. The number of thioether (sulfide) groups is 1. The highest BCUT2D eigenvalue weighted by molar-refractivity contribution is 8.04. The fourth-order valence-electron chi connectivity index (χ4n) is 1.43. The smallest absolute Gasteiger partial charge is 0.354 e. The SMILES string of the molecule is COC(=O)C(=C=Nc1ccccc1)Sc1ccccc1. The number of aliphatic imine (C=N–C) groups is 1. The van der Waals surface area contributed by atoms with Gasteiger partial charge in [-0.1, -0.05) is 48.2 Å². The lowest BCUT2D eigenvalue weighted by Gasteiger charge is -2.01. The van der Waals surface area contributed by atoms with Crippen LogP contribution in [0.4, 0.5) is 5.69 Å². The Labute approximate surface area is 122 Å². The number of methoxy groups -OCH3 is 1. The highest BCUT2D eigenvalue weighted by Crippen LogP contribution is 2.25. The molecule has 0 aliphatic carbocycles. The molecule has 0 spiro atoms. The van der Waals surface area contributed by atoms with Crippen molar-refractivity contribution in [3.05, 3.63) is 65.6 Å². The van der Waals surface area contributed by atoms with Gasteiger partial charge >= 0.3 is 5.97 Å². The number of hydrogen-bond acceptors (Lipinski definition) is 4. The van der Waals surface area contributed by atoms with Crippen LogP contribution in [0.3, 0.4) is 0 Å². The Morgan fingerprint density at radius 2 is 1.65 bits per heavy atom. The van der Waals surface area contributed by atoms with Crippen LogP contribution in [0.25, 0.3) is 0 Å². The molecule has 0 amide bonds. The molecule has 100 valence electrons. The van der Waals surface area contributed by atoms with Gasteiger partial charge < -0.3 is 4.74 Å². The molecule has 0 aromatic heterocycles. The Hall–Kier alpha value is -2.29. The van der Waals surface area contributed by atoms with Gasteiger partial charge in [0.15, 0.2) is 4.91 Å². The van der Waals surface area contributed by atoms with Crippen molar-refractivity contribution in [2.24, 2.45) is 4.99 Å². The summed E-state index contributed by atoms with van der Waals surface area (Å²) in [4.78, 5) is 17.2. The fraction of sp³-hybridized carbons (Fsp3) is 0.0625. The van der Waals surface area contributed by atoms with Gasteiger partial charge in [-0.2, -0.15) is 0 Å². The molecule has 0 heterocycles. The number of hydrogen-bond donors (Lipinski definition) is 0. The highest BCUT2D eigenvalue weighted by atomic mass is 32.2. The molecule has 0 unspecified atom stereocenters. The third-order valence-corrected chi connectivity index (χ3v) is 3.35. The molecule has 20 heavy (non-hydrogen) atoms. The molecular weight excluding hydrogens is 270 g/mol. The van der Waals surface area contributed by atoms with Crippen molar-refractivity contribution < 1.29 is 9.53 Å². The Morgan fingerprint density at radius 1 is 1.05 bits per heavy atom. The summed E-state index contributed by atoms with van der Waals surface area (Å²) in [6, 6.07) is 18.9. The fourth-order valence-corrected chi connectivity index (χ4v) is 2.21. The second-order valence-corrected chi connectivity index (χ2v) is 4.88. The van der Waals surface area contributed by atoms with Crippen molar-refractivity contribution in [2.75, 3.05) is 7.11 Å². The van der Waals surface area contributed by atoms with E-state index < -0.39 is 5.97 Å². The number of carbonyl (C=O) groups is 1. The van der Waals surface area contributed by atoms with Crippen LogP contribution in [-0.2, 0) is 9.53 Å². The number of rotatable bonds is 4. The van der Waals surface area contributed by atoms with E-state index in [1.54, 1.807) is 0 Å². The average Bonchev–Trinajstić information content (AvgIpc) is 2.52. The van der Waals surface area contributed by atoms with Crippen molar-refractivity contribution in [1.29, 1.82) is 0 Å². The lowest BCUT2D eigenvalue weighted by atomic mass is 10.3. The van der Waals surface area contributed by atoms with Gasteiger partial charge in [0.1, 0.15) is 0 Å². The third-order valence-electron chi connectivity index (χ3n) is 2.38. The first kappa shape index (κ1) is 14.1. The summed E-state index contributed by atoms with van der Waals surface area (Å²) >= 11 is 1.28. The van der Waals surface area contributed by atoms with E-state index in [0.717, 1.165) is 10.6 Å². The Kier molecular flexibility index (Phi) is 5.18. The number of esters is 1. The molecule has 3 nitrogen and oxygen atoms in total. The number of ether oxygens (including phenoxy) is 1. The molecule has 0 aliphatic rings. The van der Waals surface area contributed by atoms with Crippen LogP contribution >= 0.6 is 11.8 Å². The van der Waals surface area contributed by atoms with Gasteiger partial charge in [0.25, 0.3) is 0 Å². The van der Waals surface area contributed by atoms with Crippen molar-refractivity contribution in [2.45, 2.75) is 4.90 Å². The average molecular weight is 283 g/mol. The quantitative estimate of drug-likeness (QED) is 0.370.